The Balaban J connectivity index is 1.59. The van der Waals surface area contributed by atoms with Crippen LogP contribution in [0.25, 0.3) is 22.1 Å². The van der Waals surface area contributed by atoms with Gasteiger partial charge in [-0.25, -0.2) is 9.97 Å². The molecule has 3 aromatic heterocycles. The molecule has 31 heavy (non-hydrogen) atoms. The number of nitrogens with two attached hydrogens (primary N) is 1. The summed E-state index contributed by atoms with van der Waals surface area (Å²) in [4.78, 5) is 36.9. The molecule has 1 saturated carbocycles. The fourth-order valence-electron chi connectivity index (χ4n) is 4.68. The molecule has 0 unspecified atom stereocenters. The van der Waals surface area contributed by atoms with E-state index >= 15 is 0 Å². The van der Waals surface area contributed by atoms with Gasteiger partial charge in [0.05, 0.1) is 28.3 Å². The van der Waals surface area contributed by atoms with E-state index in [0.29, 0.717) is 32.9 Å². The summed E-state index contributed by atoms with van der Waals surface area (Å²) in [6, 6.07) is 5.29. The molecule has 6 rings (SSSR count). The van der Waals surface area contributed by atoms with Gasteiger partial charge < -0.3 is 15.6 Å². The lowest BCUT2D eigenvalue weighted by Gasteiger charge is -2.29. The van der Waals surface area contributed by atoms with Crippen LogP contribution in [-0.4, -0.2) is 36.0 Å². The molecule has 2 fully saturated rings. The molecule has 0 amide bonds. The average molecular weight is 437 g/mol. The van der Waals surface area contributed by atoms with Gasteiger partial charge in [0.1, 0.15) is 5.82 Å². The van der Waals surface area contributed by atoms with Gasteiger partial charge in [0.25, 0.3) is 5.56 Å². The summed E-state index contributed by atoms with van der Waals surface area (Å²) in [7, 11) is 0. The van der Waals surface area contributed by atoms with E-state index in [9.17, 15) is 4.79 Å². The van der Waals surface area contributed by atoms with Crippen molar-refractivity contribution < 1.29 is 0 Å². The van der Waals surface area contributed by atoms with Crippen molar-refractivity contribution in [3.63, 3.8) is 0 Å². The maximum Gasteiger partial charge on any atom is 0.263 e. The zero-order chi connectivity index (χ0) is 21.3. The molecule has 9 nitrogen and oxygen atoms in total. The summed E-state index contributed by atoms with van der Waals surface area (Å²) in [6.07, 6.45) is 5.26. The average Bonchev–Trinajstić information content (AvgIpc) is 3.14. The lowest BCUT2D eigenvalue weighted by atomic mass is 10.1. The molecule has 4 heterocycles. The normalized spacial score (nSPS) is 20.1. The summed E-state index contributed by atoms with van der Waals surface area (Å²) in [5, 5.41) is 0.913. The van der Waals surface area contributed by atoms with E-state index in [1.54, 1.807) is 12.4 Å². The van der Waals surface area contributed by atoms with Crippen LogP contribution in [0.1, 0.15) is 44.5 Å². The van der Waals surface area contributed by atoms with E-state index in [2.05, 4.69) is 31.8 Å². The number of imidazole rings is 1. The highest BCUT2D eigenvalue weighted by atomic mass is 35.5. The number of hydrogen-bond donors (Lipinski definition) is 2. The van der Waals surface area contributed by atoms with Crippen molar-refractivity contribution >= 4 is 45.4 Å². The topological polar surface area (TPSA) is 119 Å². The number of nitrogens with one attached hydrogen (secondary N) is 1. The van der Waals surface area contributed by atoms with Gasteiger partial charge >= 0.3 is 0 Å². The minimum absolute atomic E-state index is 0.0791. The minimum atomic E-state index is -0.243. The van der Waals surface area contributed by atoms with Crippen LogP contribution in [0.5, 0.6) is 0 Å². The molecule has 1 aliphatic heterocycles. The second-order valence-corrected chi connectivity index (χ2v) is 9.01. The summed E-state index contributed by atoms with van der Waals surface area (Å²) < 4.78 is 1.87. The lowest BCUT2D eigenvalue weighted by molar-refractivity contribution is 0.458. The van der Waals surface area contributed by atoms with Gasteiger partial charge in [0, 0.05) is 12.1 Å². The highest BCUT2D eigenvalue weighted by Gasteiger charge is 2.45. The fourth-order valence-corrected chi connectivity index (χ4v) is 4.93. The number of aromatic nitrogens is 6. The molecule has 4 aromatic rings. The quantitative estimate of drug-likeness (QED) is 0.506. The lowest BCUT2D eigenvalue weighted by Crippen LogP contribution is -2.37. The Morgan fingerprint density at radius 1 is 1.26 bits per heavy atom. The molecule has 0 spiro atoms. The first-order chi connectivity index (χ1) is 15.0. The van der Waals surface area contributed by atoms with Crippen molar-refractivity contribution in [2.75, 3.05) is 17.2 Å². The Labute approximate surface area is 182 Å². The molecular formula is C21H21ClN8O. The summed E-state index contributed by atoms with van der Waals surface area (Å²) in [5.74, 6) is 1.60. The molecule has 10 heteroatoms. The number of rotatable bonds is 3. The van der Waals surface area contributed by atoms with E-state index < -0.39 is 0 Å². The van der Waals surface area contributed by atoms with Crippen LogP contribution in [0.15, 0.2) is 29.3 Å². The van der Waals surface area contributed by atoms with Gasteiger partial charge in [0.2, 0.25) is 5.95 Å². The number of H-pyrrole nitrogens is 1. The smallest absolute Gasteiger partial charge is 0.263 e. The maximum absolute atomic E-state index is 13.6. The molecule has 0 radical (unpaired) electrons. The predicted molar refractivity (Wildman–Crippen MR) is 119 cm³/mol. The molecule has 0 bridgehead atoms. The maximum atomic E-state index is 13.6. The van der Waals surface area contributed by atoms with Crippen LogP contribution in [0, 0.1) is 0 Å². The SMILES string of the molecule is CC1(n2c([C@@H]3CCCN3c3nc(N)nc4[nH]cnc34)nc3cccc(Cl)c3c2=O)CC1. The molecule has 2 aliphatic rings. The number of anilines is 2. The Morgan fingerprint density at radius 2 is 2.10 bits per heavy atom. The van der Waals surface area contributed by atoms with Crippen LogP contribution in [0.2, 0.25) is 5.02 Å². The van der Waals surface area contributed by atoms with Gasteiger partial charge in [-0.05, 0) is 44.7 Å². The van der Waals surface area contributed by atoms with Crippen molar-refractivity contribution in [2.24, 2.45) is 0 Å². The number of aromatic amines is 1. The minimum Gasteiger partial charge on any atom is -0.368 e. The van der Waals surface area contributed by atoms with E-state index in [-0.39, 0.29) is 23.1 Å². The third-order valence-electron chi connectivity index (χ3n) is 6.49. The van der Waals surface area contributed by atoms with E-state index in [1.807, 2.05) is 16.7 Å². The van der Waals surface area contributed by atoms with Crippen LogP contribution in [0.3, 0.4) is 0 Å². The highest BCUT2D eigenvalue weighted by molar-refractivity contribution is 6.35. The van der Waals surface area contributed by atoms with E-state index in [4.69, 9.17) is 22.3 Å². The molecular weight excluding hydrogens is 416 g/mol. The molecule has 1 saturated heterocycles. The first kappa shape index (κ1) is 18.6. The summed E-state index contributed by atoms with van der Waals surface area (Å²) in [5.41, 5.74) is 7.53. The van der Waals surface area contributed by atoms with Crippen molar-refractivity contribution in [2.45, 2.75) is 44.2 Å². The Morgan fingerprint density at radius 3 is 2.90 bits per heavy atom. The monoisotopic (exact) mass is 436 g/mol. The van der Waals surface area contributed by atoms with Crippen LogP contribution >= 0.6 is 11.6 Å². The second kappa shape index (κ2) is 6.40. The summed E-state index contributed by atoms with van der Waals surface area (Å²) in [6.45, 7) is 2.87. The van der Waals surface area contributed by atoms with Crippen molar-refractivity contribution in [1.29, 1.82) is 0 Å². The number of nitrogens with zero attached hydrogens (tertiary/aromatic N) is 6. The fraction of sp³-hybridized carbons (Fsp3) is 0.381. The summed E-state index contributed by atoms with van der Waals surface area (Å²) >= 11 is 6.41. The third-order valence-corrected chi connectivity index (χ3v) is 6.80. The van der Waals surface area contributed by atoms with Crippen molar-refractivity contribution in [3.05, 3.63) is 45.7 Å². The van der Waals surface area contributed by atoms with Crippen LogP contribution < -0.4 is 16.2 Å². The number of nitrogen functional groups attached to an aromatic ring is 1. The highest BCUT2D eigenvalue weighted by Crippen LogP contribution is 2.46. The van der Waals surface area contributed by atoms with Crippen LogP contribution in [-0.2, 0) is 5.54 Å². The van der Waals surface area contributed by atoms with E-state index in [0.717, 1.165) is 38.1 Å². The number of fused-ring (bicyclic) bond motifs is 2. The Hall–Kier alpha value is -3.20. The van der Waals surface area contributed by atoms with Gasteiger partial charge in [-0.2, -0.15) is 9.97 Å². The molecule has 3 N–H and O–H groups in total. The van der Waals surface area contributed by atoms with Crippen molar-refractivity contribution in [3.8, 4) is 0 Å². The van der Waals surface area contributed by atoms with Crippen LogP contribution in [0.4, 0.5) is 11.8 Å². The van der Waals surface area contributed by atoms with E-state index in [1.165, 1.54) is 0 Å². The van der Waals surface area contributed by atoms with Gasteiger partial charge in [-0.15, -0.1) is 0 Å². The number of hydrogen-bond acceptors (Lipinski definition) is 7. The number of benzene rings is 1. The second-order valence-electron chi connectivity index (χ2n) is 8.60. The molecule has 158 valence electrons. The van der Waals surface area contributed by atoms with Gasteiger partial charge in [-0.1, -0.05) is 17.7 Å². The molecule has 1 aromatic carbocycles. The predicted octanol–water partition coefficient (Wildman–Crippen LogP) is 3.15. The van der Waals surface area contributed by atoms with Gasteiger partial charge in [-0.3, -0.25) is 9.36 Å². The third kappa shape index (κ3) is 2.72. The first-order valence-corrected chi connectivity index (χ1v) is 10.8. The zero-order valence-electron chi connectivity index (χ0n) is 17.0. The molecule has 1 atom stereocenters. The Bertz CT molecular complexity index is 1410. The molecule has 1 aliphatic carbocycles. The first-order valence-electron chi connectivity index (χ1n) is 10.4. The van der Waals surface area contributed by atoms with Crippen molar-refractivity contribution in [1.82, 2.24) is 29.5 Å². The zero-order valence-corrected chi connectivity index (χ0v) is 17.7. The van der Waals surface area contributed by atoms with Gasteiger partial charge in [0.15, 0.2) is 17.0 Å². The largest absolute Gasteiger partial charge is 0.368 e. The standard InChI is InChI=1S/C21H21ClN8O/c1-21(7-8-21)30-17(26-12-5-2-4-11(22)14(12)19(30)31)13-6-3-9-29(13)18-15-16(25-10-24-15)27-20(23)28-18/h2,4-5,10,13H,3,6-9H2,1H3,(H3,23,24,25,27,28)/t13-/m0/s1. The number of halogens is 1. The Kier molecular flexibility index (Phi) is 3.83.